The van der Waals surface area contributed by atoms with Gasteiger partial charge in [0.25, 0.3) is 0 Å². The monoisotopic (exact) mass is 827 g/mol. The maximum atomic E-state index is 14.2. The Morgan fingerprint density at radius 3 is 1.52 bits per heavy atom. The molecule has 4 rings (SSSR count). The van der Waals surface area contributed by atoms with Crippen LogP contribution in [0.5, 0.6) is 5.75 Å². The van der Waals surface area contributed by atoms with Gasteiger partial charge in [0.05, 0.1) is 0 Å². The van der Waals surface area contributed by atoms with Gasteiger partial charge in [0.2, 0.25) is 35.4 Å². The average molecular weight is 828 g/mol. The van der Waals surface area contributed by atoms with Crippen molar-refractivity contribution in [3.63, 3.8) is 0 Å². The Labute approximate surface area is 344 Å². The zero-order valence-corrected chi connectivity index (χ0v) is 33.0. The SMILES string of the molecule is CNC(=O)[C@H](Cc1c[nH]c2ccccc12)NC(=O)[C@H](CCC(=O)O)NC(=O)[C@H](Cc1ccccc1)NC(=O)[C@H](Cc1ccc(O)cc1)NC(=O)[C@H](CCC(=O)O)NC(C)=O. The number of phenols is 1. The fourth-order valence-corrected chi connectivity index (χ4v) is 6.45. The molecule has 4 aromatic rings. The molecular formula is C42H49N7O11. The highest BCUT2D eigenvalue weighted by atomic mass is 16.4. The Kier molecular flexibility index (Phi) is 16.7. The zero-order chi connectivity index (χ0) is 43.8. The number of hydrogen-bond acceptors (Lipinski definition) is 9. The number of aromatic hydroxyl groups is 1. The molecule has 10 N–H and O–H groups in total. The number of carboxylic acid groups (broad SMARTS) is 2. The molecule has 318 valence electrons. The number of fused-ring (bicyclic) bond motifs is 1. The van der Waals surface area contributed by atoms with E-state index in [1.165, 1.54) is 31.3 Å². The van der Waals surface area contributed by atoms with E-state index in [1.54, 1.807) is 36.5 Å². The number of aromatic nitrogens is 1. The number of nitrogens with one attached hydrogen (secondary N) is 7. The van der Waals surface area contributed by atoms with Crippen molar-refractivity contribution in [1.82, 2.24) is 36.9 Å². The van der Waals surface area contributed by atoms with Gasteiger partial charge in [0, 0.05) is 63.2 Å². The first-order valence-electron chi connectivity index (χ1n) is 19.1. The number of para-hydroxylation sites is 1. The largest absolute Gasteiger partial charge is 0.508 e. The number of aliphatic carboxylic acids is 2. The van der Waals surface area contributed by atoms with E-state index in [1.807, 2.05) is 24.3 Å². The summed E-state index contributed by atoms with van der Waals surface area (Å²) in [5.41, 5.74) is 2.59. The topological polar surface area (TPSA) is 285 Å². The normalized spacial score (nSPS) is 13.4. The molecule has 18 nitrogen and oxygen atoms in total. The van der Waals surface area contributed by atoms with Gasteiger partial charge >= 0.3 is 11.9 Å². The number of carbonyl (C=O) groups excluding carboxylic acids is 6. The molecule has 0 saturated carbocycles. The maximum Gasteiger partial charge on any atom is 0.303 e. The molecule has 18 heteroatoms. The fourth-order valence-electron chi connectivity index (χ4n) is 6.45. The number of carbonyl (C=O) groups is 8. The van der Waals surface area contributed by atoms with Crippen LogP contribution in [0.2, 0.25) is 0 Å². The van der Waals surface area contributed by atoms with E-state index in [4.69, 9.17) is 0 Å². The molecule has 0 spiro atoms. The van der Waals surface area contributed by atoms with Gasteiger partial charge in [0.15, 0.2) is 0 Å². The summed E-state index contributed by atoms with van der Waals surface area (Å²) in [4.78, 5) is 107. The summed E-state index contributed by atoms with van der Waals surface area (Å²) in [7, 11) is 1.39. The first kappa shape index (κ1) is 45.5. The molecule has 0 aliphatic carbocycles. The molecule has 1 aromatic heterocycles. The lowest BCUT2D eigenvalue weighted by Crippen LogP contribution is -2.60. The van der Waals surface area contributed by atoms with Crippen LogP contribution in [-0.4, -0.2) is 105 Å². The number of benzene rings is 3. The summed E-state index contributed by atoms with van der Waals surface area (Å²) in [6.45, 7) is 1.14. The van der Waals surface area contributed by atoms with Crippen LogP contribution < -0.4 is 31.9 Å². The van der Waals surface area contributed by atoms with Crippen LogP contribution in [0, 0.1) is 0 Å². The molecule has 5 atom stereocenters. The predicted octanol–water partition coefficient (Wildman–Crippen LogP) is 0.821. The van der Waals surface area contributed by atoms with E-state index < -0.39 is 90.4 Å². The van der Waals surface area contributed by atoms with Gasteiger partial charge in [-0.3, -0.25) is 38.4 Å². The average Bonchev–Trinajstić information content (AvgIpc) is 3.63. The van der Waals surface area contributed by atoms with Crippen molar-refractivity contribution in [2.45, 2.75) is 82.1 Å². The molecule has 6 amide bonds. The molecule has 0 aliphatic heterocycles. The van der Waals surface area contributed by atoms with Crippen LogP contribution in [-0.2, 0) is 57.6 Å². The quantitative estimate of drug-likeness (QED) is 0.0530. The smallest absolute Gasteiger partial charge is 0.303 e. The second kappa shape index (κ2) is 22.1. The highest BCUT2D eigenvalue weighted by Gasteiger charge is 2.33. The molecule has 1 heterocycles. The van der Waals surface area contributed by atoms with Crippen molar-refractivity contribution in [1.29, 1.82) is 0 Å². The van der Waals surface area contributed by atoms with Gasteiger partial charge in [-0.05, 0) is 47.7 Å². The third-order valence-corrected chi connectivity index (χ3v) is 9.52. The van der Waals surface area contributed by atoms with Crippen molar-refractivity contribution in [3.05, 3.63) is 102 Å². The number of hydrogen-bond donors (Lipinski definition) is 10. The van der Waals surface area contributed by atoms with Gasteiger partial charge in [-0.2, -0.15) is 0 Å². The zero-order valence-electron chi connectivity index (χ0n) is 33.0. The van der Waals surface area contributed by atoms with Crippen LogP contribution >= 0.6 is 0 Å². The van der Waals surface area contributed by atoms with Crippen molar-refractivity contribution in [2.24, 2.45) is 0 Å². The van der Waals surface area contributed by atoms with Gasteiger partial charge in [-0.15, -0.1) is 0 Å². The maximum absolute atomic E-state index is 14.2. The molecule has 0 saturated heterocycles. The minimum Gasteiger partial charge on any atom is -0.508 e. The van der Waals surface area contributed by atoms with Gasteiger partial charge in [-0.1, -0.05) is 60.7 Å². The number of likely N-dealkylation sites (N-methyl/N-ethyl adjacent to an activating group) is 1. The first-order chi connectivity index (χ1) is 28.6. The van der Waals surface area contributed by atoms with Crippen molar-refractivity contribution < 1.29 is 53.7 Å². The van der Waals surface area contributed by atoms with Crippen LogP contribution in [0.4, 0.5) is 0 Å². The molecule has 0 unspecified atom stereocenters. The number of H-pyrrole nitrogens is 1. The minimum absolute atomic E-state index is 0.0505. The Balaban J connectivity index is 1.62. The van der Waals surface area contributed by atoms with Crippen LogP contribution in [0.15, 0.2) is 85.1 Å². The highest BCUT2D eigenvalue weighted by molar-refractivity contribution is 5.97. The summed E-state index contributed by atoms with van der Waals surface area (Å²) in [5.74, 6) is -7.22. The summed E-state index contributed by atoms with van der Waals surface area (Å²) in [5, 5.41) is 44.7. The Hall–Kier alpha value is -7.24. The lowest BCUT2D eigenvalue weighted by molar-refractivity contribution is -0.139. The fraction of sp³-hybridized carbons (Fsp3) is 0.333. The summed E-state index contributed by atoms with van der Waals surface area (Å²) >= 11 is 0. The van der Waals surface area contributed by atoms with E-state index >= 15 is 0 Å². The van der Waals surface area contributed by atoms with Gasteiger partial charge in [0.1, 0.15) is 36.0 Å². The number of phenolic OH excluding ortho intramolecular Hbond substituents is 1. The molecule has 0 fully saturated rings. The van der Waals surface area contributed by atoms with Gasteiger partial charge < -0.3 is 52.2 Å². The molecule has 0 bridgehead atoms. The van der Waals surface area contributed by atoms with E-state index in [2.05, 4.69) is 36.9 Å². The predicted molar refractivity (Wildman–Crippen MR) is 217 cm³/mol. The third kappa shape index (κ3) is 14.0. The number of rotatable bonds is 22. The Morgan fingerprint density at radius 2 is 1.00 bits per heavy atom. The number of aromatic amines is 1. The summed E-state index contributed by atoms with van der Waals surface area (Å²) in [6, 6.07) is 14.8. The van der Waals surface area contributed by atoms with E-state index in [-0.39, 0.29) is 37.9 Å². The molecule has 60 heavy (non-hydrogen) atoms. The third-order valence-electron chi connectivity index (χ3n) is 9.52. The molecule has 3 aromatic carbocycles. The lowest BCUT2D eigenvalue weighted by atomic mass is 10.0. The van der Waals surface area contributed by atoms with E-state index in [0.29, 0.717) is 11.1 Å². The first-order valence-corrected chi connectivity index (χ1v) is 19.1. The number of carboxylic acids is 2. The van der Waals surface area contributed by atoms with Gasteiger partial charge in [-0.25, -0.2) is 0 Å². The second-order valence-corrected chi connectivity index (χ2v) is 14.1. The Bertz CT molecular complexity index is 2160. The van der Waals surface area contributed by atoms with Crippen molar-refractivity contribution >= 4 is 58.3 Å². The highest BCUT2D eigenvalue weighted by Crippen LogP contribution is 2.20. The van der Waals surface area contributed by atoms with Crippen LogP contribution in [0.1, 0.15) is 49.3 Å². The molecular weight excluding hydrogens is 778 g/mol. The lowest BCUT2D eigenvalue weighted by Gasteiger charge is -2.27. The summed E-state index contributed by atoms with van der Waals surface area (Å²) < 4.78 is 0. The minimum atomic E-state index is -1.49. The van der Waals surface area contributed by atoms with Crippen LogP contribution in [0.25, 0.3) is 10.9 Å². The summed E-state index contributed by atoms with van der Waals surface area (Å²) in [6.07, 6.45) is -0.238. The van der Waals surface area contributed by atoms with E-state index in [9.17, 15) is 53.7 Å². The Morgan fingerprint density at radius 1 is 0.550 bits per heavy atom. The van der Waals surface area contributed by atoms with E-state index in [0.717, 1.165) is 23.4 Å². The standard InChI is InChI=1S/C42H49N7O11/c1-24(50)45-31(16-18-36(52)53)39(57)47-34(21-26-12-14-28(51)15-13-26)42(60)48-33(20-25-8-4-3-5-9-25)41(59)46-32(17-19-37(54)55)40(58)49-35(38(56)43-2)22-27-23-44-30-11-7-6-10-29(27)30/h3-15,23,31-35,44,51H,16-22H2,1-2H3,(H,43,56)(H,45,50)(H,46,59)(H,47,57)(H,48,60)(H,49,58)(H,52,53)(H,54,55)/t31-,32-,33-,34-,35-/m0/s1. The van der Waals surface area contributed by atoms with Crippen molar-refractivity contribution in [3.8, 4) is 5.75 Å². The number of amides is 6. The van der Waals surface area contributed by atoms with Crippen LogP contribution in [0.3, 0.4) is 0 Å². The molecule has 0 aliphatic rings. The molecule has 0 radical (unpaired) electrons. The second-order valence-electron chi connectivity index (χ2n) is 14.1. The van der Waals surface area contributed by atoms with Crippen molar-refractivity contribution in [2.75, 3.05) is 7.05 Å².